The summed E-state index contributed by atoms with van der Waals surface area (Å²) in [5, 5.41) is 0.0539. The molecule has 0 unspecified atom stereocenters. The second-order valence-electron chi connectivity index (χ2n) is 4.09. The highest BCUT2D eigenvalue weighted by Gasteiger charge is 2.20. The van der Waals surface area contributed by atoms with Crippen LogP contribution in [0.15, 0.2) is 18.2 Å². The first-order valence-electron chi connectivity index (χ1n) is 5.58. The third kappa shape index (κ3) is 2.27. The number of anilines is 1. The van der Waals surface area contributed by atoms with Crippen molar-refractivity contribution >= 4 is 29.2 Å². The van der Waals surface area contributed by atoms with Crippen molar-refractivity contribution in [3.05, 3.63) is 40.3 Å². The lowest BCUT2D eigenvalue weighted by molar-refractivity contribution is 0.628. The molecule has 1 aromatic carbocycles. The second kappa shape index (κ2) is 4.96. The van der Waals surface area contributed by atoms with Gasteiger partial charge in [-0.1, -0.05) is 11.6 Å². The van der Waals surface area contributed by atoms with Crippen molar-refractivity contribution in [1.82, 2.24) is 9.97 Å². The van der Waals surface area contributed by atoms with E-state index in [0.29, 0.717) is 17.2 Å². The van der Waals surface area contributed by atoms with Gasteiger partial charge in [-0.3, -0.25) is 0 Å². The quantitative estimate of drug-likeness (QED) is 0.659. The van der Waals surface area contributed by atoms with Crippen LogP contribution < -0.4 is 11.3 Å². The molecule has 3 rings (SSSR count). The van der Waals surface area contributed by atoms with E-state index < -0.39 is 5.82 Å². The molecule has 0 bridgehead atoms. The lowest BCUT2D eigenvalue weighted by Crippen LogP contribution is -2.12. The third-order valence-corrected chi connectivity index (χ3v) is 4.15. The van der Waals surface area contributed by atoms with Crippen LogP contribution in [0.3, 0.4) is 0 Å². The molecule has 0 aliphatic carbocycles. The van der Waals surface area contributed by atoms with E-state index in [9.17, 15) is 4.39 Å². The van der Waals surface area contributed by atoms with Crippen LogP contribution in [-0.4, -0.2) is 9.97 Å². The fraction of sp³-hybridized carbons (Fsp3) is 0.167. The van der Waals surface area contributed by atoms with Gasteiger partial charge in [0.15, 0.2) is 5.82 Å². The van der Waals surface area contributed by atoms with Gasteiger partial charge in [0.25, 0.3) is 0 Å². The summed E-state index contributed by atoms with van der Waals surface area (Å²) >= 11 is 7.54. The Morgan fingerprint density at radius 3 is 2.89 bits per heavy atom. The van der Waals surface area contributed by atoms with Crippen LogP contribution in [-0.2, 0) is 11.5 Å². The Labute approximate surface area is 118 Å². The summed E-state index contributed by atoms with van der Waals surface area (Å²) in [6.07, 6.45) is 0. The molecular weight excluding hydrogens is 287 g/mol. The minimum absolute atomic E-state index is 0.0539. The van der Waals surface area contributed by atoms with Crippen LogP contribution in [0.25, 0.3) is 11.4 Å². The molecule has 3 N–H and O–H groups in total. The summed E-state index contributed by atoms with van der Waals surface area (Å²) in [7, 11) is 0. The van der Waals surface area contributed by atoms with Gasteiger partial charge in [0.2, 0.25) is 0 Å². The Kier molecular flexibility index (Phi) is 3.30. The van der Waals surface area contributed by atoms with Gasteiger partial charge in [0, 0.05) is 22.6 Å². The highest BCUT2D eigenvalue weighted by atomic mass is 35.5. The van der Waals surface area contributed by atoms with Crippen molar-refractivity contribution in [2.24, 2.45) is 5.84 Å². The monoisotopic (exact) mass is 296 g/mol. The zero-order valence-corrected chi connectivity index (χ0v) is 11.4. The number of nitrogens with zero attached hydrogens (tertiary/aromatic N) is 2. The van der Waals surface area contributed by atoms with E-state index >= 15 is 0 Å². The second-order valence-corrected chi connectivity index (χ2v) is 5.48. The minimum atomic E-state index is -0.459. The summed E-state index contributed by atoms with van der Waals surface area (Å²) < 4.78 is 13.2. The number of aromatic nitrogens is 2. The Morgan fingerprint density at radius 1 is 1.32 bits per heavy atom. The highest BCUT2D eigenvalue weighted by molar-refractivity contribution is 7.98. The van der Waals surface area contributed by atoms with Gasteiger partial charge < -0.3 is 5.43 Å². The fourth-order valence-electron chi connectivity index (χ4n) is 1.93. The number of hydrogen-bond acceptors (Lipinski definition) is 5. The molecule has 4 nitrogen and oxygen atoms in total. The average molecular weight is 297 g/mol. The topological polar surface area (TPSA) is 63.8 Å². The number of thioether (sulfide) groups is 1. The smallest absolute Gasteiger partial charge is 0.161 e. The van der Waals surface area contributed by atoms with Crippen molar-refractivity contribution in [1.29, 1.82) is 0 Å². The SMILES string of the molecule is NNc1nc(-c2ccc(F)c(Cl)c2)nc2c1CSC2. The van der Waals surface area contributed by atoms with Crippen LogP contribution in [0.5, 0.6) is 0 Å². The lowest BCUT2D eigenvalue weighted by Gasteiger charge is -2.09. The van der Waals surface area contributed by atoms with Crippen molar-refractivity contribution in [2.45, 2.75) is 11.5 Å². The number of hydrogen-bond donors (Lipinski definition) is 2. The third-order valence-electron chi connectivity index (χ3n) is 2.89. The molecule has 0 radical (unpaired) electrons. The van der Waals surface area contributed by atoms with Crippen molar-refractivity contribution in [2.75, 3.05) is 5.43 Å². The minimum Gasteiger partial charge on any atom is -0.308 e. The van der Waals surface area contributed by atoms with Crippen LogP contribution >= 0.6 is 23.4 Å². The Hall–Kier alpha value is -1.37. The van der Waals surface area contributed by atoms with Gasteiger partial charge in [-0.25, -0.2) is 20.2 Å². The number of rotatable bonds is 2. The fourth-order valence-corrected chi connectivity index (χ4v) is 3.16. The van der Waals surface area contributed by atoms with Gasteiger partial charge in [-0.05, 0) is 18.2 Å². The van der Waals surface area contributed by atoms with E-state index in [2.05, 4.69) is 15.4 Å². The van der Waals surface area contributed by atoms with Crippen LogP contribution in [0, 0.1) is 5.82 Å². The standard InChI is InChI=1S/C12H10ClFN4S/c13-8-3-6(1-2-9(8)14)11-16-10-5-19-4-7(10)12(17-11)18-15/h1-3H,4-5,15H2,(H,16,17,18). The number of nitrogens with one attached hydrogen (secondary N) is 1. The van der Waals surface area contributed by atoms with Crippen LogP contribution in [0.1, 0.15) is 11.3 Å². The average Bonchev–Trinajstić information content (AvgIpc) is 2.89. The lowest BCUT2D eigenvalue weighted by atomic mass is 10.2. The summed E-state index contributed by atoms with van der Waals surface area (Å²) in [5.74, 6) is 7.82. The van der Waals surface area contributed by atoms with Gasteiger partial charge >= 0.3 is 0 Å². The number of nitrogens with two attached hydrogens (primary N) is 1. The summed E-state index contributed by atoms with van der Waals surface area (Å²) in [6.45, 7) is 0. The maximum atomic E-state index is 13.2. The molecule has 0 spiro atoms. The zero-order chi connectivity index (χ0) is 13.4. The predicted molar refractivity (Wildman–Crippen MR) is 75.2 cm³/mol. The highest BCUT2D eigenvalue weighted by Crippen LogP contribution is 2.34. The first kappa shape index (κ1) is 12.7. The summed E-state index contributed by atoms with van der Waals surface area (Å²) in [5.41, 5.74) is 5.25. The Balaban J connectivity index is 2.12. The molecule has 0 atom stereocenters. The number of hydrazine groups is 1. The molecular formula is C12H10ClFN4S. The molecule has 98 valence electrons. The Bertz CT molecular complexity index is 650. The van der Waals surface area contributed by atoms with Crippen molar-refractivity contribution in [3.8, 4) is 11.4 Å². The van der Waals surface area contributed by atoms with Crippen LogP contribution in [0.2, 0.25) is 5.02 Å². The number of fused-ring (bicyclic) bond motifs is 1. The summed E-state index contributed by atoms with van der Waals surface area (Å²) in [4.78, 5) is 8.86. The van der Waals surface area contributed by atoms with E-state index in [0.717, 1.165) is 22.8 Å². The molecule has 1 aliphatic heterocycles. The Morgan fingerprint density at radius 2 is 2.16 bits per heavy atom. The molecule has 1 aliphatic rings. The maximum absolute atomic E-state index is 13.2. The molecule has 0 saturated heterocycles. The number of benzene rings is 1. The van der Waals surface area contributed by atoms with E-state index in [1.54, 1.807) is 17.8 Å². The first-order valence-corrected chi connectivity index (χ1v) is 7.12. The summed E-state index contributed by atoms with van der Waals surface area (Å²) in [6, 6.07) is 4.42. The van der Waals surface area contributed by atoms with Gasteiger partial charge in [0.1, 0.15) is 11.6 Å². The zero-order valence-electron chi connectivity index (χ0n) is 9.78. The largest absolute Gasteiger partial charge is 0.308 e. The van der Waals surface area contributed by atoms with E-state index in [-0.39, 0.29) is 5.02 Å². The maximum Gasteiger partial charge on any atom is 0.161 e. The van der Waals surface area contributed by atoms with Crippen molar-refractivity contribution < 1.29 is 4.39 Å². The van der Waals surface area contributed by atoms with Gasteiger partial charge in [-0.2, -0.15) is 11.8 Å². The molecule has 2 heterocycles. The predicted octanol–water partition coefficient (Wildman–Crippen LogP) is 2.97. The molecule has 0 fully saturated rings. The van der Waals surface area contributed by atoms with Crippen LogP contribution in [0.4, 0.5) is 10.2 Å². The molecule has 0 amide bonds. The molecule has 7 heteroatoms. The van der Waals surface area contributed by atoms with Crippen molar-refractivity contribution in [3.63, 3.8) is 0 Å². The van der Waals surface area contributed by atoms with E-state index in [1.807, 2.05) is 0 Å². The molecule has 0 saturated carbocycles. The normalized spacial score (nSPS) is 13.4. The van der Waals surface area contributed by atoms with Gasteiger partial charge in [0.05, 0.1) is 10.7 Å². The molecule has 1 aromatic heterocycles. The molecule has 2 aromatic rings. The first-order chi connectivity index (χ1) is 9.19. The van der Waals surface area contributed by atoms with Gasteiger partial charge in [-0.15, -0.1) is 0 Å². The molecule has 19 heavy (non-hydrogen) atoms. The number of halogens is 2. The van der Waals surface area contributed by atoms with E-state index in [4.69, 9.17) is 17.4 Å². The number of nitrogen functional groups attached to an aromatic ring is 1. The van der Waals surface area contributed by atoms with E-state index in [1.165, 1.54) is 12.1 Å².